The molecule has 0 bridgehead atoms. The van der Waals surface area contributed by atoms with E-state index in [1.807, 2.05) is 12.1 Å². The molecule has 1 aromatic carbocycles. The summed E-state index contributed by atoms with van der Waals surface area (Å²) in [5, 5.41) is 13.8. The van der Waals surface area contributed by atoms with Crippen LogP contribution in [0.15, 0.2) is 24.3 Å². The second-order valence-electron chi connectivity index (χ2n) is 6.05. The summed E-state index contributed by atoms with van der Waals surface area (Å²) in [5.41, 5.74) is 0.866. The topological polar surface area (TPSA) is 41.5 Å². The smallest absolute Gasteiger partial charge is 0.118 e. The minimum Gasteiger partial charge on any atom is -0.497 e. The zero-order valence-corrected chi connectivity index (χ0v) is 11.6. The van der Waals surface area contributed by atoms with Gasteiger partial charge in [-0.05, 0) is 55.7 Å². The van der Waals surface area contributed by atoms with Crippen molar-refractivity contribution in [1.82, 2.24) is 5.32 Å². The highest BCUT2D eigenvalue weighted by Gasteiger charge is 2.37. The number of ether oxygens (including phenoxy) is 1. The minimum absolute atomic E-state index is 0.385. The van der Waals surface area contributed by atoms with Crippen molar-refractivity contribution in [1.29, 1.82) is 0 Å². The number of rotatable bonds is 6. The molecule has 0 aliphatic heterocycles. The third kappa shape index (κ3) is 2.93. The third-order valence-electron chi connectivity index (χ3n) is 4.50. The first-order valence-electron chi connectivity index (χ1n) is 7.30. The van der Waals surface area contributed by atoms with E-state index in [9.17, 15) is 5.11 Å². The first kappa shape index (κ1) is 12.9. The van der Waals surface area contributed by atoms with Gasteiger partial charge in [-0.3, -0.25) is 0 Å². The fourth-order valence-electron chi connectivity index (χ4n) is 2.86. The Balaban J connectivity index is 1.65. The molecule has 1 unspecified atom stereocenters. The fraction of sp³-hybridized carbons (Fsp3) is 0.625. The predicted molar refractivity (Wildman–Crippen MR) is 75.3 cm³/mol. The molecule has 3 nitrogen and oxygen atoms in total. The van der Waals surface area contributed by atoms with Crippen molar-refractivity contribution in [3.8, 4) is 5.75 Å². The Morgan fingerprint density at radius 1 is 1.32 bits per heavy atom. The molecule has 19 heavy (non-hydrogen) atoms. The summed E-state index contributed by atoms with van der Waals surface area (Å²) < 4.78 is 5.21. The highest BCUT2D eigenvalue weighted by atomic mass is 16.5. The van der Waals surface area contributed by atoms with Gasteiger partial charge >= 0.3 is 0 Å². The second-order valence-corrected chi connectivity index (χ2v) is 6.05. The van der Waals surface area contributed by atoms with E-state index >= 15 is 0 Å². The quantitative estimate of drug-likeness (QED) is 0.827. The summed E-state index contributed by atoms with van der Waals surface area (Å²) in [6.07, 6.45) is 5.64. The number of nitrogens with one attached hydrogen (secondary N) is 1. The van der Waals surface area contributed by atoms with Crippen LogP contribution in [-0.2, 0) is 0 Å². The summed E-state index contributed by atoms with van der Waals surface area (Å²) in [5.74, 6) is 1.63. The summed E-state index contributed by atoms with van der Waals surface area (Å²) in [6, 6.07) is 8.70. The van der Waals surface area contributed by atoms with E-state index in [1.54, 1.807) is 7.11 Å². The van der Waals surface area contributed by atoms with E-state index in [1.165, 1.54) is 18.4 Å². The van der Waals surface area contributed by atoms with Gasteiger partial charge in [-0.15, -0.1) is 0 Å². The van der Waals surface area contributed by atoms with Crippen molar-refractivity contribution in [2.24, 2.45) is 5.92 Å². The van der Waals surface area contributed by atoms with Crippen LogP contribution in [0.2, 0.25) is 0 Å². The predicted octanol–water partition coefficient (Wildman–Crippen LogP) is 2.65. The van der Waals surface area contributed by atoms with Crippen LogP contribution in [0.3, 0.4) is 0 Å². The van der Waals surface area contributed by atoms with Crippen LogP contribution in [0, 0.1) is 5.92 Å². The average molecular weight is 261 g/mol. The van der Waals surface area contributed by atoms with Gasteiger partial charge in [0.25, 0.3) is 0 Å². The van der Waals surface area contributed by atoms with Crippen LogP contribution < -0.4 is 10.1 Å². The van der Waals surface area contributed by atoms with E-state index < -0.39 is 5.60 Å². The summed E-state index contributed by atoms with van der Waals surface area (Å²) >= 11 is 0. The van der Waals surface area contributed by atoms with Gasteiger partial charge in [0.05, 0.1) is 12.7 Å². The van der Waals surface area contributed by atoms with Gasteiger partial charge in [0.1, 0.15) is 5.75 Å². The Kier molecular flexibility index (Phi) is 3.50. The molecule has 2 aliphatic rings. The molecule has 1 atom stereocenters. The van der Waals surface area contributed by atoms with Gasteiger partial charge < -0.3 is 15.2 Å². The molecule has 0 saturated heterocycles. The first-order chi connectivity index (χ1) is 9.20. The van der Waals surface area contributed by atoms with Gasteiger partial charge in [0.2, 0.25) is 0 Å². The zero-order valence-electron chi connectivity index (χ0n) is 11.6. The van der Waals surface area contributed by atoms with E-state index in [4.69, 9.17) is 4.74 Å². The van der Waals surface area contributed by atoms with E-state index in [0.29, 0.717) is 6.04 Å². The molecule has 0 heterocycles. The van der Waals surface area contributed by atoms with Crippen LogP contribution >= 0.6 is 0 Å². The van der Waals surface area contributed by atoms with Crippen LogP contribution in [0.1, 0.15) is 43.7 Å². The minimum atomic E-state index is -0.445. The van der Waals surface area contributed by atoms with Crippen molar-refractivity contribution in [3.63, 3.8) is 0 Å². The van der Waals surface area contributed by atoms with E-state index in [2.05, 4.69) is 17.4 Å². The lowest BCUT2D eigenvalue weighted by atomic mass is 9.80. The number of aliphatic hydroxyl groups is 1. The van der Waals surface area contributed by atoms with Crippen molar-refractivity contribution in [3.05, 3.63) is 29.8 Å². The Morgan fingerprint density at radius 2 is 2.00 bits per heavy atom. The van der Waals surface area contributed by atoms with Crippen LogP contribution in [0.5, 0.6) is 5.75 Å². The molecule has 0 amide bonds. The second kappa shape index (κ2) is 5.14. The lowest BCUT2D eigenvalue weighted by Gasteiger charge is -2.38. The number of methoxy groups -OCH3 is 1. The van der Waals surface area contributed by atoms with E-state index in [-0.39, 0.29) is 0 Å². The van der Waals surface area contributed by atoms with Gasteiger partial charge in [-0.25, -0.2) is 0 Å². The van der Waals surface area contributed by atoms with Crippen LogP contribution in [-0.4, -0.2) is 24.4 Å². The Hall–Kier alpha value is -1.06. The van der Waals surface area contributed by atoms with Crippen molar-refractivity contribution in [2.45, 2.75) is 43.7 Å². The molecule has 0 radical (unpaired) electrons. The highest BCUT2D eigenvalue weighted by molar-refractivity contribution is 5.30. The Morgan fingerprint density at radius 3 is 2.47 bits per heavy atom. The third-order valence-corrected chi connectivity index (χ3v) is 4.50. The number of hydrogen-bond donors (Lipinski definition) is 2. The van der Waals surface area contributed by atoms with Crippen LogP contribution in [0.25, 0.3) is 0 Å². The van der Waals surface area contributed by atoms with Gasteiger partial charge in [0.15, 0.2) is 0 Å². The summed E-state index contributed by atoms with van der Waals surface area (Å²) in [4.78, 5) is 0. The molecular weight excluding hydrogens is 238 g/mol. The normalized spacial score (nSPS) is 22.6. The molecule has 3 rings (SSSR count). The lowest BCUT2D eigenvalue weighted by Crippen LogP contribution is -2.47. The fourth-order valence-corrected chi connectivity index (χ4v) is 2.86. The van der Waals surface area contributed by atoms with Crippen LogP contribution in [0.4, 0.5) is 0 Å². The maximum atomic E-state index is 10.2. The number of benzene rings is 1. The van der Waals surface area contributed by atoms with Gasteiger partial charge in [-0.1, -0.05) is 12.1 Å². The molecule has 2 saturated carbocycles. The average Bonchev–Trinajstić information content (AvgIpc) is 3.22. The van der Waals surface area contributed by atoms with Crippen molar-refractivity contribution in [2.75, 3.05) is 13.7 Å². The molecule has 0 spiro atoms. The molecular formula is C16H23NO2. The summed E-state index contributed by atoms with van der Waals surface area (Å²) in [7, 11) is 1.69. The first-order valence-corrected chi connectivity index (χ1v) is 7.30. The van der Waals surface area contributed by atoms with Crippen molar-refractivity contribution < 1.29 is 9.84 Å². The maximum Gasteiger partial charge on any atom is 0.118 e. The Bertz CT molecular complexity index is 421. The lowest BCUT2D eigenvalue weighted by molar-refractivity contribution is -0.0337. The molecule has 2 fully saturated rings. The summed E-state index contributed by atoms with van der Waals surface area (Å²) in [6.45, 7) is 0.722. The maximum absolute atomic E-state index is 10.2. The van der Waals surface area contributed by atoms with Gasteiger partial charge in [-0.2, -0.15) is 0 Å². The van der Waals surface area contributed by atoms with E-state index in [0.717, 1.165) is 37.5 Å². The van der Waals surface area contributed by atoms with Gasteiger partial charge in [0, 0.05) is 12.6 Å². The number of hydrogen-bond acceptors (Lipinski definition) is 3. The molecule has 1 aromatic rings. The molecule has 0 aromatic heterocycles. The zero-order chi connectivity index (χ0) is 13.3. The molecule has 2 aliphatic carbocycles. The Labute approximate surface area is 115 Å². The monoisotopic (exact) mass is 261 g/mol. The molecule has 2 N–H and O–H groups in total. The SMILES string of the molecule is COc1ccc(C(NCC2(O)CCC2)C2CC2)cc1. The van der Waals surface area contributed by atoms with Crippen molar-refractivity contribution >= 4 is 0 Å². The molecule has 104 valence electrons. The molecule has 3 heteroatoms. The standard InChI is InChI=1S/C16H23NO2/c1-19-14-7-5-13(6-8-14)15(12-3-4-12)17-11-16(18)9-2-10-16/h5-8,12,15,17-18H,2-4,9-11H2,1H3. The highest BCUT2D eigenvalue weighted by Crippen LogP contribution is 2.42. The largest absolute Gasteiger partial charge is 0.497 e.